The van der Waals surface area contributed by atoms with Gasteiger partial charge in [0.25, 0.3) is 5.69 Å². The first kappa shape index (κ1) is 9.11. The van der Waals surface area contributed by atoms with Gasteiger partial charge in [0, 0.05) is 12.1 Å². The summed E-state index contributed by atoms with van der Waals surface area (Å²) in [5, 5.41) is 16.3. The summed E-state index contributed by atoms with van der Waals surface area (Å²) in [5.41, 5.74) is 0.137. The first-order valence-electron chi connectivity index (χ1n) is 2.72. The molecule has 0 aromatic heterocycles. The first-order valence-corrected chi connectivity index (χ1v) is 2.72. The van der Waals surface area contributed by atoms with Gasteiger partial charge in [-0.25, -0.2) is 0 Å². The van der Waals surface area contributed by atoms with E-state index in [4.69, 9.17) is 11.8 Å². The monoisotopic (exact) mass is 149 g/mol. The van der Waals surface area contributed by atoms with E-state index in [0.717, 1.165) is 0 Å². The van der Waals surface area contributed by atoms with E-state index in [9.17, 15) is 10.1 Å². The largest absolute Gasteiger partial charge is 0.512 e. The van der Waals surface area contributed by atoms with Crippen LogP contribution in [0.2, 0.25) is 0 Å². The molecule has 0 bridgehead atoms. The molecule has 0 unspecified atom stereocenters. The van der Waals surface area contributed by atoms with Gasteiger partial charge in [-0.3, -0.25) is 10.1 Å². The fourth-order valence-corrected chi connectivity index (χ4v) is 0.550. The fraction of sp³-hybridized carbons (Fsp3) is 0. The standard InChI is InChI=1S/C6H5NO2.CN/c8-7(9)6-4-2-1-3-5-6;1-2/h1-5H;/q;-1. The minimum Gasteiger partial charge on any atom is -0.512 e. The average molecular weight is 149 g/mol. The molecule has 0 aliphatic heterocycles. The van der Waals surface area contributed by atoms with Crippen molar-refractivity contribution in [2.45, 2.75) is 0 Å². The van der Waals surface area contributed by atoms with E-state index < -0.39 is 4.92 Å². The lowest BCUT2D eigenvalue weighted by molar-refractivity contribution is -0.384. The molecule has 0 aliphatic rings. The molecule has 11 heavy (non-hydrogen) atoms. The summed E-state index contributed by atoms with van der Waals surface area (Å²) in [7, 11) is 0. The third-order valence-electron chi connectivity index (χ3n) is 0.967. The highest BCUT2D eigenvalue weighted by molar-refractivity contribution is 5.27. The molecule has 1 aromatic rings. The van der Waals surface area contributed by atoms with Gasteiger partial charge in [-0.1, -0.05) is 18.2 Å². The van der Waals surface area contributed by atoms with Crippen LogP contribution in [0.15, 0.2) is 30.3 Å². The van der Waals surface area contributed by atoms with Gasteiger partial charge >= 0.3 is 0 Å². The van der Waals surface area contributed by atoms with Crippen molar-refractivity contribution in [3.05, 3.63) is 47.0 Å². The minimum atomic E-state index is -0.417. The Balaban J connectivity index is 0.000000461. The van der Waals surface area contributed by atoms with Crippen molar-refractivity contribution < 1.29 is 4.92 Å². The van der Waals surface area contributed by atoms with Gasteiger partial charge < -0.3 is 11.8 Å². The van der Waals surface area contributed by atoms with Crippen LogP contribution >= 0.6 is 0 Å². The maximum absolute atomic E-state index is 10.0. The van der Waals surface area contributed by atoms with Gasteiger partial charge in [-0.15, -0.1) is 0 Å². The van der Waals surface area contributed by atoms with Crippen molar-refractivity contribution in [3.63, 3.8) is 0 Å². The first-order chi connectivity index (χ1) is 5.30. The van der Waals surface area contributed by atoms with Crippen LogP contribution in [-0.4, -0.2) is 4.92 Å². The number of nitro groups is 1. The van der Waals surface area contributed by atoms with Gasteiger partial charge in [-0.2, -0.15) is 0 Å². The van der Waals surface area contributed by atoms with Crippen LogP contribution in [0, 0.1) is 21.9 Å². The topological polar surface area (TPSA) is 66.9 Å². The van der Waals surface area contributed by atoms with Gasteiger partial charge in [0.2, 0.25) is 0 Å². The summed E-state index contributed by atoms with van der Waals surface area (Å²) >= 11 is 0. The average Bonchev–Trinajstić information content (AvgIpc) is 2.10. The second kappa shape index (κ2) is 4.94. The summed E-state index contributed by atoms with van der Waals surface area (Å²) in [6.07, 6.45) is 0. The van der Waals surface area contributed by atoms with Crippen LogP contribution in [0.3, 0.4) is 0 Å². The molecule has 4 nitrogen and oxygen atoms in total. The zero-order chi connectivity index (χ0) is 8.69. The van der Waals surface area contributed by atoms with Gasteiger partial charge in [0.15, 0.2) is 0 Å². The van der Waals surface area contributed by atoms with E-state index in [0.29, 0.717) is 0 Å². The molecule has 4 heteroatoms. The van der Waals surface area contributed by atoms with Crippen molar-refractivity contribution in [2.75, 3.05) is 0 Å². The van der Waals surface area contributed by atoms with Crippen molar-refractivity contribution >= 4 is 5.69 Å². The number of para-hydroxylation sites is 1. The molecule has 0 N–H and O–H groups in total. The molecule has 0 saturated heterocycles. The van der Waals surface area contributed by atoms with Crippen LogP contribution in [-0.2, 0) is 0 Å². The second-order valence-electron chi connectivity index (χ2n) is 1.59. The lowest BCUT2D eigenvalue weighted by Gasteiger charge is -1.85. The summed E-state index contributed by atoms with van der Waals surface area (Å²) in [4.78, 5) is 9.59. The van der Waals surface area contributed by atoms with Crippen molar-refractivity contribution in [1.82, 2.24) is 0 Å². The Morgan fingerprint density at radius 1 is 1.27 bits per heavy atom. The SMILES string of the molecule is O=[N+]([O-])c1ccccc1.[C-]#N. The Labute approximate surface area is 63.8 Å². The number of nitrogens with zero attached hydrogens (tertiary/aromatic N) is 2. The third kappa shape index (κ3) is 2.96. The lowest BCUT2D eigenvalue weighted by atomic mass is 10.3. The molecule has 1 aromatic carbocycles. The van der Waals surface area contributed by atoms with Gasteiger partial charge in [0.05, 0.1) is 4.92 Å². The van der Waals surface area contributed by atoms with E-state index in [1.165, 1.54) is 12.1 Å². The predicted molar refractivity (Wildman–Crippen MR) is 38.1 cm³/mol. The Hall–Kier alpha value is -1.89. The molecular weight excluding hydrogens is 144 g/mol. The highest BCUT2D eigenvalue weighted by atomic mass is 16.6. The molecule has 0 saturated carbocycles. The number of non-ortho nitro benzene ring substituents is 1. The van der Waals surface area contributed by atoms with E-state index in [1.807, 2.05) is 0 Å². The molecule has 56 valence electrons. The lowest BCUT2D eigenvalue weighted by Crippen LogP contribution is -1.84. The van der Waals surface area contributed by atoms with Crippen LogP contribution in [0.1, 0.15) is 0 Å². The Morgan fingerprint density at radius 3 is 2.00 bits per heavy atom. The molecule has 0 atom stereocenters. The summed E-state index contributed by atoms with van der Waals surface area (Å²) in [6.45, 7) is 4.75. The quantitative estimate of drug-likeness (QED) is 0.346. The van der Waals surface area contributed by atoms with E-state index >= 15 is 0 Å². The molecule has 0 fully saturated rings. The smallest absolute Gasteiger partial charge is 0.269 e. The number of nitro benzene ring substituents is 1. The molecule has 0 radical (unpaired) electrons. The predicted octanol–water partition coefficient (Wildman–Crippen LogP) is 1.69. The number of hydrogen-bond donors (Lipinski definition) is 0. The molecular formula is C7H5N2O2-. The minimum absolute atomic E-state index is 0.137. The molecule has 1 rings (SSSR count). The molecule has 0 heterocycles. The Kier molecular flexibility index (Phi) is 4.09. The van der Waals surface area contributed by atoms with E-state index in [-0.39, 0.29) is 5.69 Å². The summed E-state index contributed by atoms with van der Waals surface area (Å²) < 4.78 is 0. The van der Waals surface area contributed by atoms with Gasteiger partial charge in [0.1, 0.15) is 0 Å². The third-order valence-corrected chi connectivity index (χ3v) is 0.967. The van der Waals surface area contributed by atoms with Crippen LogP contribution in [0.25, 0.3) is 0 Å². The van der Waals surface area contributed by atoms with E-state index in [1.54, 1.807) is 18.2 Å². The highest BCUT2D eigenvalue weighted by Gasteiger charge is 1.98. The second-order valence-corrected chi connectivity index (χ2v) is 1.59. The number of rotatable bonds is 1. The summed E-state index contributed by atoms with van der Waals surface area (Å²) in [6, 6.07) is 7.93. The van der Waals surface area contributed by atoms with Crippen LogP contribution < -0.4 is 0 Å². The molecule has 0 spiro atoms. The van der Waals surface area contributed by atoms with Gasteiger partial charge in [-0.05, 0) is 0 Å². The fourth-order valence-electron chi connectivity index (χ4n) is 0.550. The Bertz CT molecular complexity index is 243. The number of hydrogen-bond acceptors (Lipinski definition) is 3. The van der Waals surface area contributed by atoms with Crippen molar-refractivity contribution in [2.24, 2.45) is 0 Å². The zero-order valence-electron chi connectivity index (χ0n) is 5.60. The zero-order valence-corrected chi connectivity index (χ0v) is 5.60. The van der Waals surface area contributed by atoms with E-state index in [2.05, 4.69) is 0 Å². The van der Waals surface area contributed by atoms with Crippen molar-refractivity contribution in [3.8, 4) is 0 Å². The molecule has 0 aliphatic carbocycles. The van der Waals surface area contributed by atoms with Crippen LogP contribution in [0.5, 0.6) is 0 Å². The number of benzene rings is 1. The van der Waals surface area contributed by atoms with Crippen molar-refractivity contribution in [1.29, 1.82) is 5.26 Å². The summed E-state index contributed by atoms with van der Waals surface area (Å²) in [5.74, 6) is 0. The normalized spacial score (nSPS) is 7.45. The molecule has 0 amide bonds. The Morgan fingerprint density at radius 2 is 1.73 bits per heavy atom. The maximum atomic E-state index is 10.0. The highest BCUT2D eigenvalue weighted by Crippen LogP contribution is 2.06. The van der Waals surface area contributed by atoms with Crippen LogP contribution in [0.4, 0.5) is 5.69 Å². The maximum Gasteiger partial charge on any atom is 0.269 e.